The van der Waals surface area contributed by atoms with E-state index in [9.17, 15) is 4.79 Å². The van der Waals surface area contributed by atoms with Crippen molar-refractivity contribution >= 4 is 17.7 Å². The Labute approximate surface area is 129 Å². The first-order valence-electron chi connectivity index (χ1n) is 6.94. The van der Waals surface area contributed by atoms with Crippen molar-refractivity contribution in [1.29, 1.82) is 0 Å². The highest BCUT2D eigenvalue weighted by Crippen LogP contribution is 2.25. The monoisotopic (exact) mass is 308 g/mol. The van der Waals surface area contributed by atoms with Crippen molar-refractivity contribution in [2.24, 2.45) is 0 Å². The molecule has 0 atom stereocenters. The summed E-state index contributed by atoms with van der Waals surface area (Å²) in [6.07, 6.45) is 9.81. The third-order valence-corrected chi connectivity index (χ3v) is 4.15. The normalized spacial score (nSPS) is 14.4. The summed E-state index contributed by atoms with van der Waals surface area (Å²) in [6.45, 7) is 2.35. The number of allylic oxidation sites excluding steroid dienone is 3. The summed E-state index contributed by atoms with van der Waals surface area (Å²) in [7, 11) is 1.71. The zero-order valence-corrected chi connectivity index (χ0v) is 13.2. The smallest absolute Gasteiger partial charge is 0.327 e. The molecular formula is C15H20N2O3S. The molecule has 1 heterocycles. The summed E-state index contributed by atoms with van der Waals surface area (Å²) < 4.78 is 11.7. The molecule has 0 saturated heterocycles. The van der Waals surface area contributed by atoms with Gasteiger partial charge in [-0.1, -0.05) is 11.6 Å². The summed E-state index contributed by atoms with van der Waals surface area (Å²) in [5, 5.41) is 4.17. The molecule has 0 bridgehead atoms. The summed E-state index contributed by atoms with van der Waals surface area (Å²) in [5.74, 6) is 1.70. The molecule has 0 N–H and O–H groups in total. The maximum absolute atomic E-state index is 11.4. The zero-order chi connectivity index (χ0) is 15.1. The number of nitrogens with zero attached hydrogens (tertiary/aromatic N) is 2. The number of hydrogen-bond acceptors (Lipinski definition) is 5. The Bertz CT molecular complexity index is 549. The van der Waals surface area contributed by atoms with Gasteiger partial charge in [-0.2, -0.15) is 5.10 Å². The number of carbonyl (C=O) groups excluding carboxylic acids is 1. The lowest BCUT2D eigenvalue weighted by molar-refractivity contribution is -0.144. The average Bonchev–Trinajstić information content (AvgIpc) is 2.93. The number of hydrogen-bond donors (Lipinski definition) is 0. The van der Waals surface area contributed by atoms with E-state index >= 15 is 0 Å². The van der Waals surface area contributed by atoms with Crippen LogP contribution in [0.5, 0.6) is 0 Å². The van der Waals surface area contributed by atoms with E-state index in [1.54, 1.807) is 36.7 Å². The van der Waals surface area contributed by atoms with Crippen LogP contribution in [0, 0.1) is 0 Å². The molecule has 0 radical (unpaired) electrons. The molecule has 0 saturated carbocycles. The van der Waals surface area contributed by atoms with Gasteiger partial charge in [0.2, 0.25) is 0 Å². The lowest BCUT2D eigenvalue weighted by Gasteiger charge is -2.12. The first-order valence-corrected chi connectivity index (χ1v) is 7.93. The molecule has 6 heteroatoms. The second-order valence-electron chi connectivity index (χ2n) is 4.63. The van der Waals surface area contributed by atoms with E-state index in [1.807, 2.05) is 12.3 Å². The molecule has 0 aromatic carbocycles. The third kappa shape index (κ3) is 4.97. The van der Waals surface area contributed by atoms with Crippen LogP contribution in [0.4, 0.5) is 0 Å². The minimum Gasteiger partial charge on any atom is -0.501 e. The van der Waals surface area contributed by atoms with Crippen LogP contribution in [0.2, 0.25) is 0 Å². The second-order valence-corrected chi connectivity index (χ2v) is 5.68. The fraction of sp³-hybridized carbons (Fsp3) is 0.467. The van der Waals surface area contributed by atoms with Gasteiger partial charge in [-0.25, -0.2) is 0 Å². The highest BCUT2D eigenvalue weighted by molar-refractivity contribution is 7.99. The molecule has 0 spiro atoms. The van der Waals surface area contributed by atoms with Crippen molar-refractivity contribution < 1.29 is 14.3 Å². The lowest BCUT2D eigenvalue weighted by atomic mass is 10.1. The van der Waals surface area contributed by atoms with E-state index in [4.69, 9.17) is 9.47 Å². The van der Waals surface area contributed by atoms with Gasteiger partial charge >= 0.3 is 5.97 Å². The number of ether oxygens (including phenoxy) is 2. The quantitative estimate of drug-likeness (QED) is 0.572. The average molecular weight is 308 g/mol. The van der Waals surface area contributed by atoms with Crippen molar-refractivity contribution in [3.8, 4) is 0 Å². The highest BCUT2D eigenvalue weighted by Gasteiger charge is 2.09. The largest absolute Gasteiger partial charge is 0.501 e. The minimum absolute atomic E-state index is 0.164. The van der Waals surface area contributed by atoms with Crippen molar-refractivity contribution in [3.05, 3.63) is 35.9 Å². The molecule has 114 valence electrons. The first-order chi connectivity index (χ1) is 10.2. The Morgan fingerprint density at radius 2 is 2.29 bits per heavy atom. The molecule has 0 aliphatic heterocycles. The van der Waals surface area contributed by atoms with E-state index in [0.29, 0.717) is 6.61 Å². The first kappa shape index (κ1) is 15.7. The fourth-order valence-electron chi connectivity index (χ4n) is 1.97. The Morgan fingerprint density at radius 1 is 1.43 bits per heavy atom. The topological polar surface area (TPSA) is 53.4 Å². The van der Waals surface area contributed by atoms with Gasteiger partial charge in [0.25, 0.3) is 0 Å². The second kappa shape index (κ2) is 7.93. The Hall–Kier alpha value is -1.69. The summed E-state index contributed by atoms with van der Waals surface area (Å²) in [5.41, 5.74) is 1.39. The summed E-state index contributed by atoms with van der Waals surface area (Å²) in [6, 6.07) is 0. The van der Waals surface area contributed by atoms with Crippen LogP contribution >= 0.6 is 11.8 Å². The maximum atomic E-state index is 11.4. The summed E-state index contributed by atoms with van der Waals surface area (Å²) in [4.78, 5) is 12.4. The number of carbonyl (C=O) groups is 1. The van der Waals surface area contributed by atoms with E-state index in [-0.39, 0.29) is 12.5 Å². The van der Waals surface area contributed by atoms with Gasteiger partial charge < -0.3 is 9.47 Å². The van der Waals surface area contributed by atoms with Crippen LogP contribution in [-0.2, 0) is 20.8 Å². The van der Waals surface area contributed by atoms with Crippen molar-refractivity contribution in [2.75, 3.05) is 19.5 Å². The number of thioether (sulfide) groups is 1. The number of rotatable bonds is 7. The van der Waals surface area contributed by atoms with Crippen LogP contribution < -0.4 is 0 Å². The van der Waals surface area contributed by atoms with Gasteiger partial charge in [0, 0.05) is 23.3 Å². The van der Waals surface area contributed by atoms with Gasteiger partial charge in [-0.3, -0.25) is 9.48 Å². The molecule has 1 aliphatic carbocycles. The number of methoxy groups -OCH3 is 1. The van der Waals surface area contributed by atoms with E-state index in [0.717, 1.165) is 29.2 Å². The molecule has 21 heavy (non-hydrogen) atoms. The Morgan fingerprint density at radius 3 is 2.95 bits per heavy atom. The predicted octanol–water partition coefficient (Wildman–Crippen LogP) is 2.79. The molecule has 2 rings (SSSR count). The SMILES string of the molecule is CCOC(=O)Cn1cc(SCC2=CC=C(OC)CC2)cn1. The van der Waals surface area contributed by atoms with E-state index in [1.165, 1.54) is 5.57 Å². The van der Waals surface area contributed by atoms with Crippen LogP contribution in [-0.4, -0.2) is 35.2 Å². The molecule has 5 nitrogen and oxygen atoms in total. The predicted molar refractivity (Wildman–Crippen MR) is 82.0 cm³/mol. The Balaban J connectivity index is 1.82. The van der Waals surface area contributed by atoms with Crippen LogP contribution in [0.3, 0.4) is 0 Å². The van der Waals surface area contributed by atoms with Crippen molar-refractivity contribution in [3.63, 3.8) is 0 Å². The van der Waals surface area contributed by atoms with Gasteiger partial charge in [0.15, 0.2) is 0 Å². The molecular weight excluding hydrogens is 288 g/mol. The number of esters is 1. The van der Waals surface area contributed by atoms with Gasteiger partial charge in [0.05, 0.1) is 25.7 Å². The Kier molecular flexibility index (Phi) is 5.92. The van der Waals surface area contributed by atoms with Crippen molar-refractivity contribution in [1.82, 2.24) is 9.78 Å². The zero-order valence-electron chi connectivity index (χ0n) is 12.4. The molecule has 1 aromatic heterocycles. The van der Waals surface area contributed by atoms with Crippen LogP contribution in [0.25, 0.3) is 0 Å². The van der Waals surface area contributed by atoms with Crippen molar-refractivity contribution in [2.45, 2.75) is 31.2 Å². The molecule has 1 aromatic rings. The van der Waals surface area contributed by atoms with Gasteiger partial charge in [-0.15, -0.1) is 11.8 Å². The van der Waals surface area contributed by atoms with Gasteiger partial charge in [0.1, 0.15) is 6.54 Å². The fourth-order valence-corrected chi connectivity index (χ4v) is 2.88. The molecule has 0 fully saturated rings. The summed E-state index contributed by atoms with van der Waals surface area (Å²) >= 11 is 1.72. The van der Waals surface area contributed by atoms with Crippen LogP contribution in [0.1, 0.15) is 19.8 Å². The maximum Gasteiger partial charge on any atom is 0.327 e. The third-order valence-electron chi connectivity index (χ3n) is 3.09. The molecule has 0 amide bonds. The van der Waals surface area contributed by atoms with Crippen LogP contribution in [0.15, 0.2) is 40.8 Å². The highest BCUT2D eigenvalue weighted by atomic mass is 32.2. The molecule has 0 unspecified atom stereocenters. The lowest BCUT2D eigenvalue weighted by Crippen LogP contribution is -2.13. The molecule has 1 aliphatic rings. The van der Waals surface area contributed by atoms with Gasteiger partial charge in [-0.05, 0) is 19.4 Å². The minimum atomic E-state index is -0.260. The van der Waals surface area contributed by atoms with E-state index in [2.05, 4.69) is 11.2 Å². The van der Waals surface area contributed by atoms with E-state index < -0.39 is 0 Å². The standard InChI is InChI=1S/C15H20N2O3S/c1-3-20-15(18)10-17-9-14(8-16-17)21-11-12-4-6-13(19-2)7-5-12/h4,6,8-9H,3,5,7,10-11H2,1-2H3. The number of aromatic nitrogens is 2.